The summed E-state index contributed by atoms with van der Waals surface area (Å²) >= 11 is 1.38. The zero-order chi connectivity index (χ0) is 14.9. The highest BCUT2D eigenvalue weighted by atomic mass is 32.1. The number of carbonyl (C=O) groups excluding carboxylic acids is 1. The van der Waals surface area contributed by atoms with Gasteiger partial charge < -0.3 is 9.47 Å². The second-order valence-corrected chi connectivity index (χ2v) is 6.80. The first-order valence-corrected chi connectivity index (χ1v) is 7.35. The summed E-state index contributed by atoms with van der Waals surface area (Å²) in [5, 5.41) is 0.575. The molecule has 0 spiro atoms. The van der Waals surface area contributed by atoms with Gasteiger partial charge in [0.25, 0.3) is 5.19 Å². The highest BCUT2D eigenvalue weighted by Crippen LogP contribution is 2.34. The van der Waals surface area contributed by atoms with Gasteiger partial charge in [-0.25, -0.2) is 4.98 Å². The third kappa shape index (κ3) is 3.48. The van der Waals surface area contributed by atoms with Gasteiger partial charge in [-0.05, 0) is 40.7 Å². The lowest BCUT2D eigenvalue weighted by Crippen LogP contribution is -2.22. The van der Waals surface area contributed by atoms with Crippen LogP contribution >= 0.6 is 11.3 Å². The fraction of sp³-hybridized carbons (Fsp3) is 0.467. The molecule has 0 radical (unpaired) electrons. The normalized spacial score (nSPS) is 11.9. The number of fused-ring (bicyclic) bond motifs is 1. The molecule has 0 amide bonds. The van der Waals surface area contributed by atoms with Gasteiger partial charge in [-0.2, -0.15) is 0 Å². The number of hydrogen-bond acceptors (Lipinski definition) is 5. The van der Waals surface area contributed by atoms with E-state index in [1.807, 2.05) is 40.7 Å². The SMILES string of the molecule is CC(C)Oc1nc2cc(OC(C)(C)C)cc(C=O)c2s1. The van der Waals surface area contributed by atoms with Crippen molar-refractivity contribution in [1.29, 1.82) is 0 Å². The van der Waals surface area contributed by atoms with E-state index in [1.165, 1.54) is 11.3 Å². The number of aromatic nitrogens is 1. The molecule has 4 nitrogen and oxygen atoms in total. The Hall–Kier alpha value is -1.62. The van der Waals surface area contributed by atoms with Crippen molar-refractivity contribution < 1.29 is 14.3 Å². The molecule has 5 heteroatoms. The van der Waals surface area contributed by atoms with Crippen LogP contribution in [0.2, 0.25) is 0 Å². The quantitative estimate of drug-likeness (QED) is 0.797. The van der Waals surface area contributed by atoms with Crippen LogP contribution in [0.1, 0.15) is 45.0 Å². The fourth-order valence-electron chi connectivity index (χ4n) is 1.76. The van der Waals surface area contributed by atoms with Crippen molar-refractivity contribution in [2.75, 3.05) is 0 Å². The Morgan fingerprint density at radius 1 is 1.30 bits per heavy atom. The Morgan fingerprint density at radius 2 is 2.00 bits per heavy atom. The maximum atomic E-state index is 11.3. The molecule has 1 heterocycles. The van der Waals surface area contributed by atoms with Gasteiger partial charge in [-0.15, -0.1) is 0 Å². The van der Waals surface area contributed by atoms with E-state index in [0.717, 1.165) is 16.5 Å². The monoisotopic (exact) mass is 293 g/mol. The first-order chi connectivity index (χ1) is 9.28. The number of nitrogens with zero attached hydrogens (tertiary/aromatic N) is 1. The van der Waals surface area contributed by atoms with E-state index < -0.39 is 0 Å². The lowest BCUT2D eigenvalue weighted by Gasteiger charge is -2.21. The van der Waals surface area contributed by atoms with Gasteiger partial charge in [-0.3, -0.25) is 4.79 Å². The Bertz CT molecular complexity index is 626. The molecule has 0 unspecified atom stereocenters. The fourth-order valence-corrected chi connectivity index (χ4v) is 2.76. The molecule has 0 aliphatic carbocycles. The predicted molar refractivity (Wildman–Crippen MR) is 81.2 cm³/mol. The smallest absolute Gasteiger partial charge is 0.274 e. The number of carbonyl (C=O) groups is 1. The maximum absolute atomic E-state index is 11.3. The average Bonchev–Trinajstić information content (AvgIpc) is 2.66. The highest BCUT2D eigenvalue weighted by molar-refractivity contribution is 7.20. The Kier molecular flexibility index (Phi) is 3.99. The van der Waals surface area contributed by atoms with Crippen LogP contribution in [0, 0.1) is 0 Å². The molecule has 0 saturated carbocycles. The van der Waals surface area contributed by atoms with Gasteiger partial charge >= 0.3 is 0 Å². The topological polar surface area (TPSA) is 48.4 Å². The molecule has 20 heavy (non-hydrogen) atoms. The lowest BCUT2D eigenvalue weighted by molar-refractivity contribution is 0.112. The van der Waals surface area contributed by atoms with Gasteiger partial charge in [0, 0.05) is 11.6 Å². The summed E-state index contributed by atoms with van der Waals surface area (Å²) in [7, 11) is 0. The van der Waals surface area contributed by atoms with E-state index in [0.29, 0.717) is 16.5 Å². The summed E-state index contributed by atoms with van der Waals surface area (Å²) in [6.07, 6.45) is 0.885. The molecule has 2 aromatic rings. The van der Waals surface area contributed by atoms with Crippen LogP contribution in [0.5, 0.6) is 10.9 Å². The van der Waals surface area contributed by atoms with E-state index in [-0.39, 0.29) is 11.7 Å². The third-order valence-corrected chi connectivity index (χ3v) is 3.37. The van der Waals surface area contributed by atoms with Crippen molar-refractivity contribution in [3.05, 3.63) is 17.7 Å². The van der Waals surface area contributed by atoms with Crippen molar-refractivity contribution in [2.24, 2.45) is 0 Å². The molecule has 0 atom stereocenters. The number of thiazole rings is 1. The number of benzene rings is 1. The zero-order valence-corrected chi connectivity index (χ0v) is 13.2. The van der Waals surface area contributed by atoms with E-state index in [1.54, 1.807) is 6.07 Å². The molecule has 0 saturated heterocycles. The van der Waals surface area contributed by atoms with Crippen molar-refractivity contribution in [3.63, 3.8) is 0 Å². The van der Waals surface area contributed by atoms with Gasteiger partial charge in [0.15, 0.2) is 6.29 Å². The molecular weight excluding hydrogens is 274 g/mol. The third-order valence-electron chi connectivity index (χ3n) is 2.36. The van der Waals surface area contributed by atoms with Gasteiger partial charge in [0.2, 0.25) is 0 Å². The number of aldehydes is 1. The molecule has 0 bridgehead atoms. The highest BCUT2D eigenvalue weighted by Gasteiger charge is 2.16. The minimum Gasteiger partial charge on any atom is -0.488 e. The Labute approximate surface area is 122 Å². The molecule has 1 aromatic heterocycles. The summed E-state index contributed by atoms with van der Waals surface area (Å²) in [4.78, 5) is 15.7. The van der Waals surface area contributed by atoms with E-state index in [9.17, 15) is 4.79 Å². The summed E-state index contributed by atoms with van der Waals surface area (Å²) in [6, 6.07) is 3.59. The van der Waals surface area contributed by atoms with Gasteiger partial charge in [0.1, 0.15) is 11.4 Å². The molecule has 108 valence electrons. The zero-order valence-electron chi connectivity index (χ0n) is 12.4. The minimum atomic E-state index is -0.318. The summed E-state index contributed by atoms with van der Waals surface area (Å²) in [6.45, 7) is 9.78. The standard InChI is InChI=1S/C15H19NO3S/c1-9(2)18-14-16-12-7-11(19-15(3,4)5)6-10(8-17)13(12)20-14/h6-9H,1-5H3. The van der Waals surface area contributed by atoms with Crippen molar-refractivity contribution >= 4 is 27.8 Å². The van der Waals surface area contributed by atoms with Crippen LogP contribution in [0.3, 0.4) is 0 Å². The number of rotatable bonds is 4. The Balaban J connectivity index is 2.47. The maximum Gasteiger partial charge on any atom is 0.274 e. The number of hydrogen-bond donors (Lipinski definition) is 0. The molecule has 0 N–H and O–H groups in total. The minimum absolute atomic E-state index is 0.0561. The first-order valence-electron chi connectivity index (χ1n) is 6.54. The molecule has 1 aromatic carbocycles. The van der Waals surface area contributed by atoms with E-state index in [2.05, 4.69) is 4.98 Å². The Morgan fingerprint density at radius 3 is 2.55 bits per heavy atom. The second-order valence-electron chi connectivity index (χ2n) is 5.84. The van der Waals surface area contributed by atoms with Crippen LogP contribution in [-0.2, 0) is 0 Å². The summed E-state index contributed by atoms with van der Waals surface area (Å²) < 4.78 is 12.2. The molecule has 0 aliphatic rings. The molecule has 0 fully saturated rings. The molecule has 2 rings (SSSR count). The van der Waals surface area contributed by atoms with Crippen molar-refractivity contribution in [1.82, 2.24) is 4.98 Å². The molecular formula is C15H19NO3S. The van der Waals surface area contributed by atoms with Gasteiger partial charge in [0.05, 0.1) is 16.3 Å². The summed E-state index contributed by atoms with van der Waals surface area (Å²) in [5.41, 5.74) is 0.994. The molecule has 0 aliphatic heterocycles. The summed E-state index contributed by atoms with van der Waals surface area (Å²) in [5.74, 6) is 0.647. The van der Waals surface area contributed by atoms with Gasteiger partial charge in [-0.1, -0.05) is 11.3 Å². The first kappa shape index (κ1) is 14.8. The van der Waals surface area contributed by atoms with Crippen molar-refractivity contribution in [2.45, 2.75) is 46.3 Å². The predicted octanol–water partition coefficient (Wildman–Crippen LogP) is 4.07. The van der Waals surface area contributed by atoms with Crippen LogP contribution in [0.15, 0.2) is 12.1 Å². The van der Waals surface area contributed by atoms with E-state index >= 15 is 0 Å². The average molecular weight is 293 g/mol. The van der Waals surface area contributed by atoms with Crippen LogP contribution in [-0.4, -0.2) is 23.0 Å². The largest absolute Gasteiger partial charge is 0.488 e. The van der Waals surface area contributed by atoms with Crippen LogP contribution in [0.25, 0.3) is 10.2 Å². The second kappa shape index (κ2) is 5.40. The van der Waals surface area contributed by atoms with Crippen LogP contribution < -0.4 is 9.47 Å². The number of ether oxygens (including phenoxy) is 2. The lowest BCUT2D eigenvalue weighted by atomic mass is 10.1. The van der Waals surface area contributed by atoms with Crippen molar-refractivity contribution in [3.8, 4) is 10.9 Å². The van der Waals surface area contributed by atoms with Crippen LogP contribution in [0.4, 0.5) is 0 Å². The van der Waals surface area contributed by atoms with E-state index in [4.69, 9.17) is 9.47 Å².